The van der Waals surface area contributed by atoms with Crippen molar-refractivity contribution in [1.82, 2.24) is 31.9 Å². The fraction of sp³-hybridized carbons (Fsp3) is 0.769. The van der Waals surface area contributed by atoms with Crippen LogP contribution >= 0.6 is 0 Å². The molecule has 22 heteroatoms. The van der Waals surface area contributed by atoms with Gasteiger partial charge in [-0.25, -0.2) is 9.59 Å². The number of ether oxygens (including phenoxy) is 4. The molecule has 0 bridgehead atoms. The minimum Gasteiger partial charge on any atom is -0.481 e. The Morgan fingerprint density at radius 1 is 0.443 bits per heavy atom. The predicted octanol–water partition coefficient (Wildman–Crippen LogP) is -0.389. The molecule has 9 N–H and O–H groups in total. The SMILES string of the molecule is CCCCNC(=O)CC[C@H](NC(=O)CC[C@H](NC(=O)COCCOCCNC(=O)COCCOCCNC(=O)CC[C@@H](C)NC(=O)CCCCCCC(=O)O)C(=O)O)C(=O)O. The van der Waals surface area contributed by atoms with Gasteiger partial charge in [-0.2, -0.15) is 0 Å². The lowest BCUT2D eigenvalue weighted by atomic mass is 10.1. The summed E-state index contributed by atoms with van der Waals surface area (Å²) in [4.78, 5) is 106. The third-order valence-corrected chi connectivity index (χ3v) is 8.54. The van der Waals surface area contributed by atoms with Crippen molar-refractivity contribution >= 4 is 53.4 Å². The van der Waals surface area contributed by atoms with Crippen LogP contribution in [0.5, 0.6) is 0 Å². The van der Waals surface area contributed by atoms with E-state index in [0.717, 1.165) is 25.7 Å². The zero-order valence-corrected chi connectivity index (χ0v) is 35.6. The van der Waals surface area contributed by atoms with Crippen LogP contribution in [0.1, 0.15) is 104 Å². The highest BCUT2D eigenvalue weighted by atomic mass is 16.5. The first-order valence-corrected chi connectivity index (χ1v) is 20.8. The van der Waals surface area contributed by atoms with Crippen molar-refractivity contribution < 1.29 is 77.4 Å². The summed E-state index contributed by atoms with van der Waals surface area (Å²) in [6.07, 6.45) is 4.73. The molecule has 0 saturated carbocycles. The van der Waals surface area contributed by atoms with Crippen LogP contribution in [0.25, 0.3) is 0 Å². The second-order valence-corrected chi connectivity index (χ2v) is 14.0. The molecule has 0 fully saturated rings. The molecule has 0 unspecified atom stereocenters. The van der Waals surface area contributed by atoms with Crippen molar-refractivity contribution in [3.05, 3.63) is 0 Å². The van der Waals surface area contributed by atoms with Gasteiger partial charge in [0.25, 0.3) is 0 Å². The molecule has 0 saturated heterocycles. The maximum absolute atomic E-state index is 12.3. The largest absolute Gasteiger partial charge is 0.481 e. The number of hydrogen-bond donors (Lipinski definition) is 9. The topological polar surface area (TPSA) is 323 Å². The third kappa shape index (κ3) is 35.5. The van der Waals surface area contributed by atoms with Gasteiger partial charge >= 0.3 is 17.9 Å². The van der Waals surface area contributed by atoms with Crippen molar-refractivity contribution in [3.63, 3.8) is 0 Å². The molecule has 0 spiro atoms. The van der Waals surface area contributed by atoms with E-state index in [1.54, 1.807) is 0 Å². The van der Waals surface area contributed by atoms with Gasteiger partial charge in [0.15, 0.2) is 0 Å². The zero-order valence-electron chi connectivity index (χ0n) is 35.6. The molecule has 0 rings (SSSR count). The standard InChI is InChI=1S/C39H68N6O16/c1-3-4-17-40-32(47)15-12-29(38(54)55)44-34(49)16-13-30(39(56)57)45-36(51)27-61-25-23-59-21-19-42-35(50)26-60-24-22-58-20-18-41-31(46)14-11-28(2)43-33(48)9-7-5-6-8-10-37(52)53/h28-30H,3-27H2,1-2H3,(H,40,47)(H,41,46)(H,42,50)(H,43,48)(H,44,49)(H,45,51)(H,52,53)(H,54,55)(H,56,57)/t28-,29+,30+/m1/s1. The third-order valence-electron chi connectivity index (χ3n) is 8.54. The average molecular weight is 877 g/mol. The normalized spacial score (nSPS) is 12.3. The number of carboxylic acids is 3. The molecule has 0 aliphatic heterocycles. The smallest absolute Gasteiger partial charge is 0.326 e. The van der Waals surface area contributed by atoms with Gasteiger partial charge in [0.2, 0.25) is 35.4 Å². The van der Waals surface area contributed by atoms with Gasteiger partial charge < -0.3 is 66.2 Å². The fourth-order valence-corrected chi connectivity index (χ4v) is 5.18. The number of carboxylic acid groups (broad SMARTS) is 3. The first-order chi connectivity index (χ1) is 29.1. The van der Waals surface area contributed by atoms with E-state index in [-0.39, 0.29) is 121 Å². The second kappa shape index (κ2) is 36.9. The van der Waals surface area contributed by atoms with Crippen molar-refractivity contribution in [2.24, 2.45) is 0 Å². The van der Waals surface area contributed by atoms with E-state index in [2.05, 4.69) is 31.9 Å². The van der Waals surface area contributed by atoms with Crippen LogP contribution in [-0.2, 0) is 62.1 Å². The van der Waals surface area contributed by atoms with E-state index < -0.39 is 54.8 Å². The molecule has 0 aromatic carbocycles. The molecule has 0 aliphatic carbocycles. The van der Waals surface area contributed by atoms with Gasteiger partial charge in [-0.3, -0.25) is 33.6 Å². The molecule has 350 valence electrons. The molecule has 61 heavy (non-hydrogen) atoms. The first-order valence-electron chi connectivity index (χ1n) is 20.8. The Bertz CT molecular complexity index is 1340. The number of amides is 6. The van der Waals surface area contributed by atoms with Crippen LogP contribution in [0.15, 0.2) is 0 Å². The number of aliphatic carboxylic acids is 3. The lowest BCUT2D eigenvalue weighted by Crippen LogP contribution is -2.45. The first kappa shape index (κ1) is 56.1. The summed E-state index contributed by atoms with van der Waals surface area (Å²) in [7, 11) is 0. The summed E-state index contributed by atoms with van der Waals surface area (Å²) in [5.41, 5.74) is 0. The Hall–Kier alpha value is -4.93. The van der Waals surface area contributed by atoms with Gasteiger partial charge in [0.05, 0.1) is 39.6 Å². The maximum Gasteiger partial charge on any atom is 0.326 e. The Kier molecular flexibility index (Phi) is 33.9. The fourth-order valence-electron chi connectivity index (χ4n) is 5.18. The summed E-state index contributed by atoms with van der Waals surface area (Å²) in [6, 6.07) is -2.94. The summed E-state index contributed by atoms with van der Waals surface area (Å²) in [5.74, 6) is -6.06. The van der Waals surface area contributed by atoms with Crippen LogP contribution in [0.4, 0.5) is 0 Å². The van der Waals surface area contributed by atoms with Gasteiger partial charge in [-0.05, 0) is 45.4 Å². The van der Waals surface area contributed by atoms with E-state index in [1.807, 2.05) is 13.8 Å². The lowest BCUT2D eigenvalue weighted by Gasteiger charge is -2.17. The van der Waals surface area contributed by atoms with E-state index in [4.69, 9.17) is 24.1 Å². The molecular weight excluding hydrogens is 808 g/mol. The molecule has 0 aromatic heterocycles. The molecule has 0 aliphatic rings. The molecular formula is C39H68N6O16. The Balaban J connectivity index is 3.89. The highest BCUT2D eigenvalue weighted by molar-refractivity contribution is 5.86. The highest BCUT2D eigenvalue weighted by Crippen LogP contribution is 2.07. The number of carbonyl (C=O) groups is 9. The van der Waals surface area contributed by atoms with Crippen LogP contribution < -0.4 is 31.9 Å². The van der Waals surface area contributed by atoms with Crippen LogP contribution in [0.2, 0.25) is 0 Å². The monoisotopic (exact) mass is 876 g/mol. The summed E-state index contributed by atoms with van der Waals surface area (Å²) < 4.78 is 21.1. The minimum atomic E-state index is -1.44. The molecule has 6 amide bonds. The van der Waals surface area contributed by atoms with Crippen molar-refractivity contribution in [2.75, 3.05) is 72.5 Å². The highest BCUT2D eigenvalue weighted by Gasteiger charge is 2.24. The van der Waals surface area contributed by atoms with E-state index >= 15 is 0 Å². The van der Waals surface area contributed by atoms with Crippen LogP contribution in [0, 0.1) is 0 Å². The average Bonchev–Trinajstić information content (AvgIpc) is 3.20. The second-order valence-electron chi connectivity index (χ2n) is 14.0. The number of carbonyl (C=O) groups excluding carboxylic acids is 6. The maximum atomic E-state index is 12.3. The van der Waals surface area contributed by atoms with Crippen molar-refractivity contribution in [3.8, 4) is 0 Å². The van der Waals surface area contributed by atoms with Crippen molar-refractivity contribution in [2.45, 2.75) is 122 Å². The number of rotatable bonds is 40. The minimum absolute atomic E-state index is 0.0118. The van der Waals surface area contributed by atoms with Gasteiger partial charge in [0, 0.05) is 57.8 Å². The summed E-state index contributed by atoms with van der Waals surface area (Å²) >= 11 is 0. The predicted molar refractivity (Wildman–Crippen MR) is 217 cm³/mol. The Labute approximate surface area is 356 Å². The number of hydrogen-bond acceptors (Lipinski definition) is 13. The van der Waals surface area contributed by atoms with Crippen molar-refractivity contribution in [1.29, 1.82) is 0 Å². The number of nitrogens with one attached hydrogen (secondary N) is 6. The van der Waals surface area contributed by atoms with Gasteiger partial charge in [-0.1, -0.05) is 26.2 Å². The van der Waals surface area contributed by atoms with Crippen LogP contribution in [0.3, 0.4) is 0 Å². The summed E-state index contributed by atoms with van der Waals surface area (Å²) in [6.45, 7) is 4.83. The van der Waals surface area contributed by atoms with Crippen LogP contribution in [-0.4, -0.2) is 159 Å². The molecule has 0 aromatic rings. The molecule has 0 radical (unpaired) electrons. The Morgan fingerprint density at radius 2 is 0.885 bits per heavy atom. The lowest BCUT2D eigenvalue weighted by molar-refractivity contribution is -0.144. The zero-order chi connectivity index (χ0) is 45.7. The van der Waals surface area contributed by atoms with E-state index in [9.17, 15) is 53.4 Å². The van der Waals surface area contributed by atoms with E-state index in [1.165, 1.54) is 0 Å². The van der Waals surface area contributed by atoms with Gasteiger partial charge in [0.1, 0.15) is 25.3 Å². The quantitative estimate of drug-likeness (QED) is 0.0354. The Morgan fingerprint density at radius 3 is 1.43 bits per heavy atom. The number of unbranched alkanes of at least 4 members (excludes halogenated alkanes) is 4. The molecule has 0 heterocycles. The van der Waals surface area contributed by atoms with Gasteiger partial charge in [-0.15, -0.1) is 0 Å². The summed E-state index contributed by atoms with van der Waals surface area (Å²) in [5, 5.41) is 42.8. The molecule has 22 nitrogen and oxygen atoms in total. The van der Waals surface area contributed by atoms with E-state index in [0.29, 0.717) is 32.2 Å². The molecule has 3 atom stereocenters.